The fourth-order valence-corrected chi connectivity index (χ4v) is 8.66. The van der Waals surface area contributed by atoms with E-state index in [1.807, 2.05) is 6.92 Å². The Kier molecular flexibility index (Phi) is 14.8. The average molecular weight is 727 g/mol. The molecule has 1 heterocycles. The van der Waals surface area contributed by atoms with Crippen molar-refractivity contribution in [3.63, 3.8) is 0 Å². The lowest BCUT2D eigenvalue weighted by Crippen LogP contribution is -2.38. The summed E-state index contributed by atoms with van der Waals surface area (Å²) >= 11 is 5.92. The normalized spacial score (nSPS) is 13.7. The fourth-order valence-electron chi connectivity index (χ4n) is 4.41. The van der Waals surface area contributed by atoms with E-state index in [1.54, 1.807) is 14.0 Å². The van der Waals surface area contributed by atoms with Gasteiger partial charge in [0.25, 0.3) is 18.1 Å². The maximum atomic E-state index is 13.7. The molecule has 0 bridgehead atoms. The van der Waals surface area contributed by atoms with E-state index in [9.17, 15) is 9.59 Å². The van der Waals surface area contributed by atoms with Gasteiger partial charge in [0.2, 0.25) is 11.8 Å². The predicted molar refractivity (Wildman–Crippen MR) is 194 cm³/mol. The van der Waals surface area contributed by atoms with Gasteiger partial charge in [0, 0.05) is 11.1 Å². The van der Waals surface area contributed by atoms with Crippen molar-refractivity contribution in [2.24, 2.45) is 17.6 Å². The quantitative estimate of drug-likeness (QED) is 0.0667. The Morgan fingerprint density at radius 2 is 1.53 bits per heavy atom. The highest BCUT2D eigenvalue weighted by molar-refractivity contribution is 7.99. The van der Waals surface area contributed by atoms with Crippen LogP contribution in [0.5, 0.6) is 17.2 Å². The molecule has 1 aromatic carbocycles. The third-order valence-electron chi connectivity index (χ3n) is 9.47. The number of benzene rings is 1. The highest BCUT2D eigenvalue weighted by Crippen LogP contribution is 2.53. The van der Waals surface area contributed by atoms with Crippen LogP contribution in [0.3, 0.4) is 0 Å². The van der Waals surface area contributed by atoms with Crippen LogP contribution in [0.1, 0.15) is 106 Å². The zero-order valence-corrected chi connectivity index (χ0v) is 34.1. The summed E-state index contributed by atoms with van der Waals surface area (Å²) in [5.41, 5.74) is 6.84. The highest BCUT2D eigenvalue weighted by atomic mass is 32.2. The molecule has 264 valence electrons. The number of nitrogens with zero attached hydrogens (tertiary/aromatic N) is 2. The van der Waals surface area contributed by atoms with E-state index in [1.165, 1.54) is 18.9 Å². The predicted octanol–water partition coefficient (Wildman–Crippen LogP) is 7.04. The van der Waals surface area contributed by atoms with Crippen LogP contribution in [-0.4, -0.2) is 60.1 Å². The summed E-state index contributed by atoms with van der Waals surface area (Å²) in [5, 5.41) is 4.67. The van der Waals surface area contributed by atoms with Crippen LogP contribution >= 0.6 is 24.4 Å². The van der Waals surface area contributed by atoms with Crippen molar-refractivity contribution in [2.75, 3.05) is 20.0 Å². The van der Waals surface area contributed by atoms with Gasteiger partial charge < -0.3 is 33.9 Å². The summed E-state index contributed by atoms with van der Waals surface area (Å²) in [6.45, 7) is 25.5. The number of amides is 1. The van der Waals surface area contributed by atoms with Gasteiger partial charge in [0.05, 0.1) is 26.3 Å². The molecule has 2 radical (unpaired) electrons. The molecule has 2 unspecified atom stereocenters. The summed E-state index contributed by atoms with van der Waals surface area (Å²) in [4.78, 5) is 31.6. The van der Waals surface area contributed by atoms with Crippen LogP contribution in [0.4, 0.5) is 0 Å². The molecule has 15 heteroatoms. The lowest BCUT2D eigenvalue weighted by atomic mass is 9.98. The largest absolute Gasteiger partial charge is 0.539 e. The van der Waals surface area contributed by atoms with Crippen molar-refractivity contribution >= 4 is 54.3 Å². The molecule has 0 spiro atoms. The molecule has 0 saturated heterocycles. The number of nitrogens with one attached hydrogen (secondary N) is 1. The Bertz CT molecular complexity index is 1390. The molecular formula is C32H54N4O7S2Si2. The Morgan fingerprint density at radius 1 is 1.00 bits per heavy atom. The fraction of sp³-hybridized carbons (Fsp3) is 0.688. The minimum absolute atomic E-state index is 0.0120. The molecule has 11 nitrogen and oxygen atoms in total. The lowest BCUT2D eigenvalue weighted by molar-refractivity contribution is -0.121. The van der Waals surface area contributed by atoms with Crippen LogP contribution in [0.25, 0.3) is 0 Å². The van der Waals surface area contributed by atoms with Gasteiger partial charge in [-0.3, -0.25) is 4.79 Å². The number of carbonyl (C=O) groups is 2. The number of thiol groups is 1. The number of nitrogens with two attached hydrogens (primary N) is 1. The first-order valence-corrected chi connectivity index (χ1v) is 21.2. The van der Waals surface area contributed by atoms with Gasteiger partial charge in [-0.05, 0) is 47.7 Å². The van der Waals surface area contributed by atoms with Crippen molar-refractivity contribution in [3.8, 4) is 17.2 Å². The minimum Gasteiger partial charge on any atom is -0.539 e. The first kappa shape index (κ1) is 41.0. The van der Waals surface area contributed by atoms with Crippen molar-refractivity contribution in [1.29, 1.82) is 0 Å². The Hall–Kier alpha value is -2.21. The number of thioether (sulfide) groups is 1. The molecular weight excluding hydrogens is 673 g/mol. The lowest BCUT2D eigenvalue weighted by Gasteiger charge is -2.38. The zero-order chi connectivity index (χ0) is 36.0. The maximum Gasteiger partial charge on any atom is 0.338 e. The Morgan fingerprint density at radius 3 is 1.96 bits per heavy atom. The number of rotatable bonds is 17. The number of aromatic nitrogens is 2. The minimum atomic E-state index is -1.63. The number of esters is 1. The molecule has 2 aromatic rings. The van der Waals surface area contributed by atoms with Crippen molar-refractivity contribution < 1.29 is 32.4 Å². The SMILES string of the molecule is CCSC(NC(=O)C(S)c1nc(CN)no1)c1c(O[Si](C)C(C)(C)C(C)C)c(O[Si](C)C(C)(C)C(C)C)c(OC)c(C)c1C(=O)OC. The summed E-state index contributed by atoms with van der Waals surface area (Å²) in [7, 11) is -0.295. The van der Waals surface area contributed by atoms with Crippen molar-refractivity contribution in [1.82, 2.24) is 15.5 Å². The van der Waals surface area contributed by atoms with Crippen LogP contribution in [0.15, 0.2) is 4.52 Å². The standard InChI is InChI=1S/C32H54N4O7S2Si2/c1-15-45-29(35-27(37)26(44)28-34-20(16-33)36-41-28)22-21(30(38)40-12)19(6)23(39-11)25(43-47(14)32(9,10)18(4)5)24(22)42-46(13)31(7,8)17(2)3/h17-18,26,29,44H,15-16,33H2,1-14H3,(H,35,37). The summed E-state index contributed by atoms with van der Waals surface area (Å²) < 4.78 is 30.6. The molecule has 0 aliphatic rings. The van der Waals surface area contributed by atoms with Crippen LogP contribution in [-0.2, 0) is 16.1 Å². The Balaban J connectivity index is 2.99. The second kappa shape index (κ2) is 16.9. The number of methoxy groups -OCH3 is 2. The van der Waals surface area contributed by atoms with E-state index < -0.39 is 40.6 Å². The average Bonchev–Trinajstić information content (AvgIpc) is 3.50. The van der Waals surface area contributed by atoms with Crippen LogP contribution in [0.2, 0.25) is 23.2 Å². The van der Waals surface area contributed by atoms with Gasteiger partial charge in [0.15, 0.2) is 28.3 Å². The van der Waals surface area contributed by atoms with E-state index in [0.717, 1.165) is 0 Å². The molecule has 0 aliphatic carbocycles. The monoisotopic (exact) mass is 726 g/mol. The van der Waals surface area contributed by atoms with Gasteiger partial charge in [0.1, 0.15) is 5.37 Å². The summed E-state index contributed by atoms with van der Waals surface area (Å²) in [6.07, 6.45) is 0. The smallest absolute Gasteiger partial charge is 0.338 e. The highest BCUT2D eigenvalue weighted by Gasteiger charge is 2.42. The number of hydrogen-bond acceptors (Lipinski definition) is 12. The molecule has 0 fully saturated rings. The molecule has 2 atom stereocenters. The number of carbonyl (C=O) groups excluding carboxylic acids is 2. The van der Waals surface area contributed by atoms with E-state index in [4.69, 9.17) is 28.6 Å². The second-order valence-electron chi connectivity index (χ2n) is 13.2. The molecule has 1 aromatic heterocycles. The van der Waals surface area contributed by atoms with Crippen molar-refractivity contribution in [2.45, 2.75) is 110 Å². The second-order valence-corrected chi connectivity index (χ2v) is 20.3. The molecule has 0 saturated carbocycles. The number of ether oxygens (including phenoxy) is 2. The van der Waals surface area contributed by atoms with Crippen LogP contribution in [0, 0.1) is 18.8 Å². The van der Waals surface area contributed by atoms with Gasteiger partial charge in [-0.2, -0.15) is 17.6 Å². The summed E-state index contributed by atoms with van der Waals surface area (Å²) in [6, 6.07) is 0. The molecule has 47 heavy (non-hydrogen) atoms. The van der Waals surface area contributed by atoms with E-state index in [0.29, 0.717) is 46.0 Å². The van der Waals surface area contributed by atoms with Crippen LogP contribution < -0.4 is 24.6 Å². The molecule has 1 amide bonds. The van der Waals surface area contributed by atoms with Gasteiger partial charge in [-0.25, -0.2) is 4.79 Å². The molecule has 2 rings (SSSR count). The first-order chi connectivity index (χ1) is 21.8. The van der Waals surface area contributed by atoms with E-state index >= 15 is 0 Å². The van der Waals surface area contributed by atoms with Gasteiger partial charge in [-0.1, -0.05) is 67.5 Å². The molecule has 0 aliphatic heterocycles. The summed E-state index contributed by atoms with van der Waals surface area (Å²) in [5.74, 6) is 1.57. The first-order valence-electron chi connectivity index (χ1n) is 15.8. The van der Waals surface area contributed by atoms with Crippen molar-refractivity contribution in [3.05, 3.63) is 28.4 Å². The zero-order valence-electron chi connectivity index (χ0n) is 30.4. The maximum absolute atomic E-state index is 13.7. The van der Waals surface area contributed by atoms with Gasteiger partial charge in [-0.15, -0.1) is 11.8 Å². The Labute approximate surface area is 294 Å². The third-order valence-corrected chi connectivity index (χ3v) is 16.7. The third kappa shape index (κ3) is 9.08. The topological polar surface area (TPSA) is 148 Å². The van der Waals surface area contributed by atoms with E-state index in [-0.39, 0.29) is 33.9 Å². The van der Waals surface area contributed by atoms with E-state index in [2.05, 4.69) is 96.6 Å². The number of hydrogen-bond donors (Lipinski definition) is 3. The van der Waals surface area contributed by atoms with Gasteiger partial charge >= 0.3 is 5.97 Å². The molecule has 3 N–H and O–H groups in total.